The summed E-state index contributed by atoms with van der Waals surface area (Å²) in [6, 6.07) is 28.9. The third-order valence-electron chi connectivity index (χ3n) is 17.3. The number of nitro benzene ring substituents is 2. The molecule has 5 aromatic carbocycles. The van der Waals surface area contributed by atoms with Crippen LogP contribution in [0.15, 0.2) is 118 Å². The average molecular weight is 1350 g/mol. The van der Waals surface area contributed by atoms with Crippen molar-refractivity contribution in [3.05, 3.63) is 173 Å². The molecule has 0 radical (unpaired) electrons. The molecule has 0 bridgehead atoms. The molecule has 3 atom stereocenters. The van der Waals surface area contributed by atoms with E-state index in [1.54, 1.807) is 48.5 Å². The minimum absolute atomic E-state index is 0. The second-order valence-corrected chi connectivity index (χ2v) is 38.8. The number of anilines is 2. The smallest absolute Gasteiger partial charge is 0.276 e. The first-order valence-electron chi connectivity index (χ1n) is 30.4. The first-order valence-corrected chi connectivity index (χ1v) is 38.5. The van der Waals surface area contributed by atoms with Gasteiger partial charge < -0.3 is 19.5 Å². The number of hydrogen-bond donors (Lipinski definition) is 3. The molecule has 0 saturated heterocycles. The van der Waals surface area contributed by atoms with Crippen LogP contribution in [0.1, 0.15) is 165 Å². The molecule has 1 unspecified atom stereocenters. The number of halogens is 1. The number of nitro groups is 2. The lowest BCUT2D eigenvalue weighted by atomic mass is 9.91. The Morgan fingerprint density at radius 3 is 1.52 bits per heavy atom. The summed E-state index contributed by atoms with van der Waals surface area (Å²) in [6.07, 6.45) is 9.14. The Bertz CT molecular complexity index is 3900. The number of hydrazone groups is 1. The van der Waals surface area contributed by atoms with Crippen molar-refractivity contribution in [2.24, 2.45) is 5.10 Å². The van der Waals surface area contributed by atoms with Gasteiger partial charge in [-0.3, -0.25) is 20.2 Å². The number of aromatic nitrogens is 4. The molecule has 0 spiro atoms. The summed E-state index contributed by atoms with van der Waals surface area (Å²) in [5.41, 5.74) is 9.74. The van der Waals surface area contributed by atoms with Crippen molar-refractivity contribution < 1.29 is 27.1 Å². The molecule has 3 N–H and O–H groups in total. The highest BCUT2D eigenvalue weighted by Crippen LogP contribution is 2.42. The number of rotatable bonds is 16. The Morgan fingerprint density at radius 1 is 0.611 bits per heavy atom. The number of hydrogen-bond acceptors (Lipinski definition) is 15. The molecule has 0 aliphatic heterocycles. The predicted octanol–water partition coefficient (Wildman–Crippen LogP) is 18.6. The lowest BCUT2D eigenvalue weighted by Crippen LogP contribution is -2.44. The molecule has 2 aliphatic rings. The van der Waals surface area contributed by atoms with E-state index in [0.717, 1.165) is 111 Å². The molecule has 22 heteroatoms. The van der Waals surface area contributed by atoms with Crippen LogP contribution < -0.4 is 15.5 Å². The van der Waals surface area contributed by atoms with Gasteiger partial charge in [-0.15, -0.1) is 0 Å². The molecule has 7 aromatic rings. The maximum Gasteiger partial charge on any atom is 0.276 e. The fourth-order valence-electron chi connectivity index (χ4n) is 10.2. The quantitative estimate of drug-likeness (QED) is 0.0463. The van der Waals surface area contributed by atoms with Crippen LogP contribution in [-0.4, -0.2) is 72.8 Å². The van der Waals surface area contributed by atoms with Gasteiger partial charge in [0.1, 0.15) is 23.3 Å². The zero-order valence-corrected chi connectivity index (χ0v) is 59.2. The highest BCUT2D eigenvalue weighted by Gasteiger charge is 2.41. The largest absolute Gasteiger partial charge is 0.414 e. The third-order valence-corrected chi connectivity index (χ3v) is 28.1. The molecule has 0 amide bonds. The monoisotopic (exact) mass is 1340 g/mol. The van der Waals surface area contributed by atoms with Crippen LogP contribution in [0.3, 0.4) is 0 Å². The summed E-state index contributed by atoms with van der Waals surface area (Å²) >= 11 is 3.47. The van der Waals surface area contributed by atoms with E-state index in [1.807, 2.05) is 78.8 Å². The standard InChI is InChI=1S/C30H40N4O3Si.C19H32N2O3SSi.C18H17BrN4O2.CH4/c1-19-15-24(17-25(16-19)34(35)36)20(2)31-29-27-18-23(11-14-28(27)32-21(3)33-29)22-9-12-26(13-10-22)37-38(7,8)30(4,5)6;1-15-7-13-18(14-8-15)25(22,23)21-20-16-9-11-17(12-10-16)24-26(5,6)19(2,3)4;1-10-6-13(8-15(7-10)23(24)25)11(2)20-18-16-9-14(19)4-5-17(16)21-12(3)22-18;/h9,11,14-18,20,26H,10,12-13H2,1-8H3,(H,31,32,33);7-8,13-14,17,21H,9-12H2,1-6H3;4-9,11H,1-3H3,(H,20,21,22);1H4/t20-,26?;;11-;/m1.1./s1. The van der Waals surface area contributed by atoms with Gasteiger partial charge in [0, 0.05) is 57.4 Å². The number of benzene rings is 5. The summed E-state index contributed by atoms with van der Waals surface area (Å²) in [4.78, 5) is 42.7. The van der Waals surface area contributed by atoms with Gasteiger partial charge in [-0.1, -0.05) is 107 Å². The van der Waals surface area contributed by atoms with E-state index in [1.165, 1.54) is 11.1 Å². The zero-order valence-electron chi connectivity index (χ0n) is 54.8. The molecule has 2 aliphatic carbocycles. The second-order valence-electron chi connectivity index (χ2n) is 26.7. The average Bonchev–Trinajstić information content (AvgIpc) is 1.76. The highest BCUT2D eigenvalue weighted by atomic mass is 79.9. The van der Waals surface area contributed by atoms with Crippen LogP contribution in [-0.2, 0) is 18.9 Å². The SMILES string of the molecule is C.Cc1cc([C@@H](C)Nc2nc(C)nc3ccc(Br)cc23)cc([N+](=O)[O-])c1.Cc1cc([C@@H](C)Nc2nc(C)nc3ccc(C4=CCC(O[Si](C)(C)C(C)(C)C)CC4)cc23)cc([N+](=O)[O-])c1.Cc1ccc(S(=O)(=O)NN=C2CCC(O[Si](C)(C)C(C)(C)C)CC2)cc1. The van der Waals surface area contributed by atoms with Gasteiger partial charge in [-0.25, -0.2) is 24.8 Å². The number of allylic oxidation sites excluding steroid dienone is 1. The normalized spacial score (nSPS) is 16.2. The van der Waals surface area contributed by atoms with Gasteiger partial charge in [0.05, 0.1) is 37.9 Å². The van der Waals surface area contributed by atoms with E-state index < -0.39 is 26.7 Å². The Kier molecular flexibility index (Phi) is 23.8. The predicted molar refractivity (Wildman–Crippen MR) is 376 cm³/mol. The number of nitrogens with zero attached hydrogens (tertiary/aromatic N) is 7. The minimum Gasteiger partial charge on any atom is -0.414 e. The summed E-state index contributed by atoms with van der Waals surface area (Å²) in [5, 5.41) is 35.8. The second kappa shape index (κ2) is 29.6. The van der Waals surface area contributed by atoms with Gasteiger partial charge in [0.15, 0.2) is 16.6 Å². The van der Waals surface area contributed by atoms with E-state index in [9.17, 15) is 28.6 Å². The van der Waals surface area contributed by atoms with Crippen molar-refractivity contribution in [3.8, 4) is 0 Å². The molecule has 1 saturated carbocycles. The van der Waals surface area contributed by atoms with Crippen LogP contribution >= 0.6 is 15.9 Å². The fraction of sp³-hybridized carbons (Fsp3) is 0.456. The van der Waals surface area contributed by atoms with Gasteiger partial charge >= 0.3 is 0 Å². The summed E-state index contributed by atoms with van der Waals surface area (Å²) in [5.74, 6) is 2.79. The van der Waals surface area contributed by atoms with Crippen molar-refractivity contribution in [3.63, 3.8) is 0 Å². The van der Waals surface area contributed by atoms with Crippen LogP contribution in [0, 0.1) is 54.8 Å². The lowest BCUT2D eigenvalue weighted by Gasteiger charge is -2.40. The van der Waals surface area contributed by atoms with E-state index in [0.29, 0.717) is 17.5 Å². The van der Waals surface area contributed by atoms with Crippen molar-refractivity contribution in [2.45, 2.75) is 208 Å². The summed E-state index contributed by atoms with van der Waals surface area (Å²) in [6.45, 7) is 36.1. The van der Waals surface area contributed by atoms with E-state index in [-0.39, 0.29) is 67.9 Å². The lowest BCUT2D eigenvalue weighted by molar-refractivity contribution is -0.385. The topological polar surface area (TPSA) is 239 Å². The highest BCUT2D eigenvalue weighted by molar-refractivity contribution is 9.10. The zero-order chi connectivity index (χ0) is 65.6. The van der Waals surface area contributed by atoms with Crippen molar-refractivity contribution in [1.82, 2.24) is 24.8 Å². The molecule has 1 fully saturated rings. The van der Waals surface area contributed by atoms with Crippen LogP contribution in [0.5, 0.6) is 0 Å². The maximum absolute atomic E-state index is 12.3. The number of nitrogens with one attached hydrogen (secondary N) is 3. The number of sulfonamides is 1. The van der Waals surface area contributed by atoms with Gasteiger partial charge in [-0.2, -0.15) is 13.5 Å². The first kappa shape index (κ1) is 72.2. The van der Waals surface area contributed by atoms with Crippen molar-refractivity contribution in [2.75, 3.05) is 10.6 Å². The Balaban J connectivity index is 0.000000221. The van der Waals surface area contributed by atoms with Gasteiger partial charge in [0.25, 0.3) is 21.4 Å². The Hall–Kier alpha value is -6.83. The molecular weight excluding hydrogens is 1250 g/mol. The van der Waals surface area contributed by atoms with E-state index in [4.69, 9.17) is 13.8 Å². The van der Waals surface area contributed by atoms with Crippen LogP contribution in [0.25, 0.3) is 27.4 Å². The summed E-state index contributed by atoms with van der Waals surface area (Å²) < 4.78 is 38.7. The Labute approximate surface area is 543 Å². The van der Waals surface area contributed by atoms with E-state index >= 15 is 0 Å². The fourth-order valence-corrected chi connectivity index (χ4v) is 14.2. The minimum atomic E-state index is -3.60. The van der Waals surface area contributed by atoms with Crippen LogP contribution in [0.2, 0.25) is 36.3 Å². The molecular formula is C68H93BrN10O8SSi2. The van der Waals surface area contributed by atoms with Crippen LogP contribution in [0.4, 0.5) is 23.0 Å². The van der Waals surface area contributed by atoms with Gasteiger partial charge in [0.2, 0.25) is 0 Å². The van der Waals surface area contributed by atoms with Crippen molar-refractivity contribution in [1.29, 1.82) is 0 Å². The summed E-state index contributed by atoms with van der Waals surface area (Å²) in [7, 11) is -7.15. The molecule has 2 heterocycles. The molecule has 2 aromatic heterocycles. The number of fused-ring (bicyclic) bond motifs is 2. The first-order chi connectivity index (χ1) is 41.5. The molecule has 484 valence electrons. The maximum atomic E-state index is 12.3. The third kappa shape index (κ3) is 19.1. The molecule has 90 heavy (non-hydrogen) atoms. The number of non-ortho nitro benzene ring substituents is 2. The molecule has 18 nitrogen and oxygen atoms in total. The number of aryl methyl sites for hydroxylation is 5. The van der Waals surface area contributed by atoms with Gasteiger partial charge in [-0.05, 0) is 206 Å². The molecule has 9 rings (SSSR count). The Morgan fingerprint density at radius 2 is 1.07 bits per heavy atom. The van der Waals surface area contributed by atoms with E-state index in [2.05, 4.69) is 143 Å². The van der Waals surface area contributed by atoms with Crippen molar-refractivity contribution >= 4 is 98.7 Å².